The SMILES string of the molecule is CC(C)NCCNc1c([N+](=O)[O-])cnc2ccc(Br)cc12. The molecule has 0 atom stereocenters. The molecule has 0 radical (unpaired) electrons. The Labute approximate surface area is 131 Å². The first kappa shape index (κ1) is 15.7. The van der Waals surface area contributed by atoms with Crippen LogP contribution in [0.5, 0.6) is 0 Å². The zero-order valence-electron chi connectivity index (χ0n) is 11.9. The van der Waals surface area contributed by atoms with Crippen LogP contribution in [0.1, 0.15) is 13.8 Å². The van der Waals surface area contributed by atoms with Crippen LogP contribution in [0.2, 0.25) is 0 Å². The van der Waals surface area contributed by atoms with Gasteiger partial charge in [0.15, 0.2) is 0 Å². The molecule has 0 aliphatic heterocycles. The van der Waals surface area contributed by atoms with Crippen LogP contribution in [0.4, 0.5) is 11.4 Å². The van der Waals surface area contributed by atoms with Crippen LogP contribution in [-0.2, 0) is 0 Å². The van der Waals surface area contributed by atoms with Gasteiger partial charge in [-0.2, -0.15) is 0 Å². The largest absolute Gasteiger partial charge is 0.378 e. The Morgan fingerprint density at radius 3 is 2.81 bits per heavy atom. The lowest BCUT2D eigenvalue weighted by Crippen LogP contribution is -2.28. The van der Waals surface area contributed by atoms with Crippen molar-refractivity contribution < 1.29 is 4.92 Å². The number of fused-ring (bicyclic) bond motifs is 1. The Morgan fingerprint density at radius 2 is 2.14 bits per heavy atom. The summed E-state index contributed by atoms with van der Waals surface area (Å²) in [6, 6.07) is 5.92. The summed E-state index contributed by atoms with van der Waals surface area (Å²) in [5.74, 6) is 0. The maximum absolute atomic E-state index is 11.2. The van der Waals surface area contributed by atoms with Crippen molar-refractivity contribution in [3.05, 3.63) is 39.0 Å². The summed E-state index contributed by atoms with van der Waals surface area (Å²) in [5.41, 5.74) is 1.23. The molecule has 1 aromatic heterocycles. The van der Waals surface area contributed by atoms with Gasteiger partial charge in [-0.25, -0.2) is 4.98 Å². The Balaban J connectivity index is 2.34. The number of hydrogen-bond donors (Lipinski definition) is 2. The first-order valence-electron chi connectivity index (χ1n) is 6.69. The summed E-state index contributed by atoms with van der Waals surface area (Å²) >= 11 is 3.39. The molecule has 0 saturated carbocycles. The fourth-order valence-corrected chi connectivity index (χ4v) is 2.39. The molecule has 21 heavy (non-hydrogen) atoms. The van der Waals surface area contributed by atoms with E-state index in [1.807, 2.05) is 18.2 Å². The minimum atomic E-state index is -0.411. The van der Waals surface area contributed by atoms with Crippen LogP contribution in [0, 0.1) is 10.1 Å². The average molecular weight is 353 g/mol. The fourth-order valence-electron chi connectivity index (χ4n) is 2.03. The molecule has 0 saturated heterocycles. The monoisotopic (exact) mass is 352 g/mol. The van der Waals surface area contributed by atoms with Crippen LogP contribution in [0.25, 0.3) is 10.9 Å². The first-order valence-corrected chi connectivity index (χ1v) is 7.48. The molecule has 0 aliphatic rings. The Hall–Kier alpha value is -1.73. The summed E-state index contributed by atoms with van der Waals surface area (Å²) < 4.78 is 0.862. The Morgan fingerprint density at radius 1 is 1.38 bits per heavy atom. The molecule has 6 nitrogen and oxygen atoms in total. The van der Waals surface area contributed by atoms with E-state index in [1.54, 1.807) is 0 Å². The van der Waals surface area contributed by atoms with Crippen molar-refractivity contribution >= 4 is 38.2 Å². The second-order valence-corrected chi connectivity index (χ2v) is 5.89. The molecule has 2 rings (SSSR count). The zero-order valence-corrected chi connectivity index (χ0v) is 13.5. The molecule has 2 aromatic rings. The van der Waals surface area contributed by atoms with E-state index in [0.717, 1.165) is 21.9 Å². The highest BCUT2D eigenvalue weighted by Crippen LogP contribution is 2.32. The summed E-state index contributed by atoms with van der Waals surface area (Å²) in [7, 11) is 0. The molecule has 0 unspecified atom stereocenters. The standard InChI is InChI=1S/C14H17BrN4O2/c1-9(2)16-5-6-17-14-11-7-10(15)3-4-12(11)18-8-13(14)19(20)21/h3-4,7-9,16H,5-6H2,1-2H3,(H,17,18). The molecule has 0 spiro atoms. The molecular formula is C14H17BrN4O2. The lowest BCUT2D eigenvalue weighted by atomic mass is 10.1. The third-order valence-electron chi connectivity index (χ3n) is 2.99. The maximum Gasteiger partial charge on any atom is 0.311 e. The first-order chi connectivity index (χ1) is 9.99. The number of halogens is 1. The quantitative estimate of drug-likeness (QED) is 0.473. The van der Waals surface area contributed by atoms with E-state index >= 15 is 0 Å². The number of pyridine rings is 1. The number of anilines is 1. The highest BCUT2D eigenvalue weighted by Gasteiger charge is 2.17. The molecule has 1 aromatic carbocycles. The van der Waals surface area contributed by atoms with E-state index in [0.29, 0.717) is 18.3 Å². The van der Waals surface area contributed by atoms with Crippen molar-refractivity contribution in [3.8, 4) is 0 Å². The van der Waals surface area contributed by atoms with Crippen molar-refractivity contribution in [2.45, 2.75) is 19.9 Å². The second kappa shape index (κ2) is 6.82. The third-order valence-corrected chi connectivity index (χ3v) is 3.48. The van der Waals surface area contributed by atoms with Gasteiger partial charge < -0.3 is 10.6 Å². The van der Waals surface area contributed by atoms with Crippen molar-refractivity contribution in [1.29, 1.82) is 0 Å². The van der Waals surface area contributed by atoms with E-state index < -0.39 is 4.92 Å². The van der Waals surface area contributed by atoms with E-state index in [1.165, 1.54) is 6.20 Å². The second-order valence-electron chi connectivity index (χ2n) is 4.97. The fraction of sp³-hybridized carbons (Fsp3) is 0.357. The number of nitrogens with zero attached hydrogens (tertiary/aromatic N) is 2. The van der Waals surface area contributed by atoms with Gasteiger partial charge in [-0.3, -0.25) is 10.1 Å². The molecule has 0 aliphatic carbocycles. The molecule has 0 amide bonds. The molecule has 1 heterocycles. The minimum absolute atomic E-state index is 0.00912. The van der Waals surface area contributed by atoms with Gasteiger partial charge in [-0.1, -0.05) is 29.8 Å². The van der Waals surface area contributed by atoms with Crippen molar-refractivity contribution in [3.63, 3.8) is 0 Å². The molecule has 0 fully saturated rings. The Kier molecular flexibility index (Phi) is 5.08. The predicted molar refractivity (Wildman–Crippen MR) is 87.7 cm³/mol. The maximum atomic E-state index is 11.2. The number of aromatic nitrogens is 1. The van der Waals surface area contributed by atoms with Crippen molar-refractivity contribution in [2.24, 2.45) is 0 Å². The summed E-state index contributed by atoms with van der Waals surface area (Å²) in [5, 5.41) is 18.4. The summed E-state index contributed by atoms with van der Waals surface area (Å²) in [6.07, 6.45) is 1.30. The number of benzene rings is 1. The van der Waals surface area contributed by atoms with Gasteiger partial charge in [0.2, 0.25) is 0 Å². The third kappa shape index (κ3) is 3.89. The van der Waals surface area contributed by atoms with E-state index in [-0.39, 0.29) is 5.69 Å². The summed E-state index contributed by atoms with van der Waals surface area (Å²) in [6.45, 7) is 5.44. The smallest absolute Gasteiger partial charge is 0.311 e. The van der Waals surface area contributed by atoms with Gasteiger partial charge >= 0.3 is 5.69 Å². The number of nitro groups is 1. The van der Waals surface area contributed by atoms with Gasteiger partial charge in [-0.05, 0) is 18.2 Å². The zero-order chi connectivity index (χ0) is 15.4. The average Bonchev–Trinajstić information content (AvgIpc) is 2.42. The van der Waals surface area contributed by atoms with Crippen molar-refractivity contribution in [1.82, 2.24) is 10.3 Å². The molecule has 2 N–H and O–H groups in total. The molecule has 112 valence electrons. The molecule has 0 bridgehead atoms. The molecular weight excluding hydrogens is 336 g/mol. The van der Waals surface area contributed by atoms with Gasteiger partial charge in [0.25, 0.3) is 0 Å². The Bertz CT molecular complexity index is 661. The van der Waals surface area contributed by atoms with Crippen molar-refractivity contribution in [2.75, 3.05) is 18.4 Å². The van der Waals surface area contributed by atoms with Gasteiger partial charge in [0.1, 0.15) is 11.9 Å². The van der Waals surface area contributed by atoms with Gasteiger partial charge in [-0.15, -0.1) is 0 Å². The van der Waals surface area contributed by atoms with Gasteiger partial charge in [0.05, 0.1) is 10.4 Å². The lowest BCUT2D eigenvalue weighted by Gasteiger charge is -2.12. The van der Waals surface area contributed by atoms with Crippen LogP contribution < -0.4 is 10.6 Å². The highest BCUT2D eigenvalue weighted by molar-refractivity contribution is 9.10. The van der Waals surface area contributed by atoms with Crippen LogP contribution >= 0.6 is 15.9 Å². The van der Waals surface area contributed by atoms with Crippen LogP contribution in [0.3, 0.4) is 0 Å². The van der Waals surface area contributed by atoms with E-state index in [4.69, 9.17) is 0 Å². The minimum Gasteiger partial charge on any atom is -0.378 e. The number of hydrogen-bond acceptors (Lipinski definition) is 5. The van der Waals surface area contributed by atoms with E-state index in [2.05, 4.69) is 45.4 Å². The number of nitrogens with one attached hydrogen (secondary N) is 2. The van der Waals surface area contributed by atoms with Crippen LogP contribution in [0.15, 0.2) is 28.9 Å². The lowest BCUT2D eigenvalue weighted by molar-refractivity contribution is -0.384. The topological polar surface area (TPSA) is 80.1 Å². The highest BCUT2D eigenvalue weighted by atomic mass is 79.9. The predicted octanol–water partition coefficient (Wildman–Crippen LogP) is 3.32. The number of rotatable bonds is 6. The van der Waals surface area contributed by atoms with E-state index in [9.17, 15) is 10.1 Å². The normalized spacial score (nSPS) is 11.0. The summed E-state index contributed by atoms with van der Waals surface area (Å²) in [4.78, 5) is 14.9. The molecule has 7 heteroatoms. The van der Waals surface area contributed by atoms with Gasteiger partial charge in [0, 0.05) is 29.0 Å². The van der Waals surface area contributed by atoms with Crippen LogP contribution in [-0.4, -0.2) is 29.0 Å².